The number of hydrogen-bond donors (Lipinski definition) is 0. The summed E-state index contributed by atoms with van der Waals surface area (Å²) in [6.45, 7) is 9.26. The number of piperazine rings is 1. The molecule has 0 radical (unpaired) electrons. The van der Waals surface area contributed by atoms with Gasteiger partial charge >= 0.3 is 0 Å². The molecule has 1 aliphatic rings. The Morgan fingerprint density at radius 1 is 1.00 bits per heavy atom. The maximum atomic E-state index is 13.0. The van der Waals surface area contributed by atoms with E-state index in [-0.39, 0.29) is 5.91 Å². The summed E-state index contributed by atoms with van der Waals surface area (Å²) in [6.07, 6.45) is 3.91. The fourth-order valence-corrected chi connectivity index (χ4v) is 3.82. The molecule has 2 aromatic rings. The molecular weight excluding hydrogens is 384 g/mol. The highest BCUT2D eigenvalue weighted by atomic mass is 16.5. The molecule has 0 aliphatic carbocycles. The van der Waals surface area contributed by atoms with Crippen LogP contribution in [0.5, 0.6) is 17.2 Å². The van der Waals surface area contributed by atoms with E-state index < -0.39 is 0 Å². The summed E-state index contributed by atoms with van der Waals surface area (Å²) in [5, 5.41) is 0. The Kier molecular flexibility index (Phi) is 7.20. The summed E-state index contributed by atoms with van der Waals surface area (Å²) in [6, 6.07) is 3.42. The zero-order valence-corrected chi connectivity index (χ0v) is 18.6. The van der Waals surface area contributed by atoms with Gasteiger partial charge in [-0.15, -0.1) is 0 Å². The molecule has 8 heteroatoms. The van der Waals surface area contributed by atoms with Gasteiger partial charge < -0.3 is 23.7 Å². The van der Waals surface area contributed by atoms with Crippen molar-refractivity contribution >= 4 is 5.91 Å². The molecule has 1 aliphatic heterocycles. The van der Waals surface area contributed by atoms with E-state index in [0.29, 0.717) is 41.8 Å². The molecule has 1 saturated heterocycles. The summed E-state index contributed by atoms with van der Waals surface area (Å²) in [5.74, 6) is 2.96. The first-order chi connectivity index (χ1) is 14.5. The molecule has 30 heavy (non-hydrogen) atoms. The lowest BCUT2D eigenvalue weighted by Gasteiger charge is -2.35. The topological polar surface area (TPSA) is 69.1 Å². The summed E-state index contributed by atoms with van der Waals surface area (Å²) in [7, 11) is 4.65. The van der Waals surface area contributed by atoms with Crippen LogP contribution in [0.4, 0.5) is 0 Å². The molecule has 3 rings (SSSR count). The highest BCUT2D eigenvalue weighted by Crippen LogP contribution is 2.38. The van der Waals surface area contributed by atoms with Gasteiger partial charge in [-0.3, -0.25) is 9.69 Å². The van der Waals surface area contributed by atoms with Crippen molar-refractivity contribution in [2.24, 2.45) is 0 Å². The third-order valence-corrected chi connectivity index (χ3v) is 5.49. The second-order valence-corrected chi connectivity index (χ2v) is 7.68. The van der Waals surface area contributed by atoms with E-state index in [1.54, 1.807) is 33.5 Å². The Morgan fingerprint density at radius 2 is 1.63 bits per heavy atom. The number of hydrogen-bond acceptors (Lipinski definition) is 6. The molecular formula is C22H32N4O4. The highest BCUT2D eigenvalue weighted by molar-refractivity contribution is 5.95. The predicted octanol–water partition coefficient (Wildman–Crippen LogP) is 2.49. The zero-order chi connectivity index (χ0) is 21.7. The average Bonchev–Trinajstić information content (AvgIpc) is 3.25. The van der Waals surface area contributed by atoms with Gasteiger partial charge in [0.2, 0.25) is 5.75 Å². The van der Waals surface area contributed by atoms with E-state index in [1.165, 1.54) is 0 Å². The van der Waals surface area contributed by atoms with Gasteiger partial charge in [0.05, 0.1) is 21.3 Å². The molecule has 2 heterocycles. The van der Waals surface area contributed by atoms with E-state index in [2.05, 4.69) is 28.3 Å². The fraction of sp³-hybridized carbons (Fsp3) is 0.545. The third kappa shape index (κ3) is 4.70. The van der Waals surface area contributed by atoms with Crippen molar-refractivity contribution < 1.29 is 19.0 Å². The van der Waals surface area contributed by atoms with Crippen molar-refractivity contribution in [3.63, 3.8) is 0 Å². The molecule has 8 nitrogen and oxygen atoms in total. The van der Waals surface area contributed by atoms with Gasteiger partial charge in [0.1, 0.15) is 5.82 Å². The Bertz CT molecular complexity index is 832. The molecule has 0 spiro atoms. The number of carbonyl (C=O) groups is 1. The maximum Gasteiger partial charge on any atom is 0.254 e. The van der Waals surface area contributed by atoms with E-state index in [9.17, 15) is 4.79 Å². The van der Waals surface area contributed by atoms with Crippen molar-refractivity contribution in [3.05, 3.63) is 35.9 Å². The standard InChI is InChI=1S/C22H32N4O4/c1-16(2)21-23-6-7-25(21)11-8-24-9-12-26(13-10-24)22(27)17-14-18(28-3)20(30-5)19(15-17)29-4/h6-7,14-16H,8-13H2,1-5H3. The van der Waals surface area contributed by atoms with Gasteiger partial charge in [-0.25, -0.2) is 4.98 Å². The van der Waals surface area contributed by atoms with Crippen molar-refractivity contribution in [3.8, 4) is 17.2 Å². The molecule has 0 saturated carbocycles. The first-order valence-electron chi connectivity index (χ1n) is 10.3. The molecule has 0 unspecified atom stereocenters. The first-order valence-corrected chi connectivity index (χ1v) is 10.3. The van der Waals surface area contributed by atoms with E-state index in [1.807, 2.05) is 17.3 Å². The van der Waals surface area contributed by atoms with Gasteiger partial charge in [-0.1, -0.05) is 13.8 Å². The lowest BCUT2D eigenvalue weighted by atomic mass is 10.1. The number of benzene rings is 1. The maximum absolute atomic E-state index is 13.0. The highest BCUT2D eigenvalue weighted by Gasteiger charge is 2.24. The lowest BCUT2D eigenvalue weighted by molar-refractivity contribution is 0.0632. The number of carbonyl (C=O) groups excluding carboxylic acids is 1. The largest absolute Gasteiger partial charge is 0.493 e. The van der Waals surface area contributed by atoms with Crippen LogP contribution in [0.3, 0.4) is 0 Å². The summed E-state index contributed by atoms with van der Waals surface area (Å²) in [5.41, 5.74) is 0.540. The van der Waals surface area contributed by atoms with Crippen LogP contribution in [-0.2, 0) is 6.54 Å². The second-order valence-electron chi connectivity index (χ2n) is 7.68. The predicted molar refractivity (Wildman–Crippen MR) is 115 cm³/mol. The van der Waals surface area contributed by atoms with Gasteiger partial charge in [0.25, 0.3) is 5.91 Å². The number of methoxy groups -OCH3 is 3. The van der Waals surface area contributed by atoms with Crippen LogP contribution < -0.4 is 14.2 Å². The number of amides is 1. The quantitative estimate of drug-likeness (QED) is 0.659. The summed E-state index contributed by atoms with van der Waals surface area (Å²) >= 11 is 0. The van der Waals surface area contributed by atoms with Crippen LogP contribution in [0.1, 0.15) is 35.9 Å². The van der Waals surface area contributed by atoms with Gasteiger partial charge in [-0.05, 0) is 12.1 Å². The smallest absolute Gasteiger partial charge is 0.254 e. The van der Waals surface area contributed by atoms with Crippen LogP contribution in [-0.4, -0.2) is 79.3 Å². The number of rotatable bonds is 8. The van der Waals surface area contributed by atoms with Gasteiger partial charge in [0, 0.05) is 63.1 Å². The summed E-state index contributed by atoms with van der Waals surface area (Å²) < 4.78 is 18.3. The van der Waals surface area contributed by atoms with Crippen LogP contribution in [0, 0.1) is 0 Å². The van der Waals surface area contributed by atoms with Crippen LogP contribution >= 0.6 is 0 Å². The number of imidazole rings is 1. The zero-order valence-electron chi connectivity index (χ0n) is 18.6. The Labute approximate surface area is 178 Å². The van der Waals surface area contributed by atoms with E-state index in [0.717, 1.165) is 32.0 Å². The monoisotopic (exact) mass is 416 g/mol. The molecule has 164 valence electrons. The van der Waals surface area contributed by atoms with Crippen molar-refractivity contribution in [2.45, 2.75) is 26.3 Å². The third-order valence-electron chi connectivity index (χ3n) is 5.49. The van der Waals surface area contributed by atoms with Crippen molar-refractivity contribution in [2.75, 3.05) is 54.1 Å². The van der Waals surface area contributed by atoms with Gasteiger partial charge in [0.15, 0.2) is 11.5 Å². The molecule has 0 N–H and O–H groups in total. The Hall–Kier alpha value is -2.74. The second kappa shape index (κ2) is 9.84. The normalized spacial score (nSPS) is 14.8. The molecule has 1 amide bonds. The van der Waals surface area contributed by atoms with E-state index >= 15 is 0 Å². The SMILES string of the molecule is COc1cc(C(=O)N2CCN(CCn3ccnc3C(C)C)CC2)cc(OC)c1OC. The first kappa shape index (κ1) is 22.0. The molecule has 1 aromatic heterocycles. The minimum absolute atomic E-state index is 0.0226. The Balaban J connectivity index is 1.59. The molecule has 0 bridgehead atoms. The number of aromatic nitrogens is 2. The van der Waals surface area contributed by atoms with Crippen LogP contribution in [0.25, 0.3) is 0 Å². The molecule has 1 fully saturated rings. The van der Waals surface area contributed by atoms with Crippen molar-refractivity contribution in [1.29, 1.82) is 0 Å². The fourth-order valence-electron chi connectivity index (χ4n) is 3.82. The van der Waals surface area contributed by atoms with Crippen LogP contribution in [0.2, 0.25) is 0 Å². The van der Waals surface area contributed by atoms with Crippen molar-refractivity contribution in [1.82, 2.24) is 19.4 Å². The average molecular weight is 417 g/mol. The number of nitrogens with zero attached hydrogens (tertiary/aromatic N) is 4. The summed E-state index contributed by atoms with van der Waals surface area (Å²) in [4.78, 5) is 21.8. The molecule has 1 aromatic carbocycles. The van der Waals surface area contributed by atoms with Gasteiger partial charge in [-0.2, -0.15) is 0 Å². The Morgan fingerprint density at radius 3 is 2.17 bits per heavy atom. The minimum atomic E-state index is -0.0226. The van der Waals surface area contributed by atoms with Crippen LogP contribution in [0.15, 0.2) is 24.5 Å². The molecule has 0 atom stereocenters. The minimum Gasteiger partial charge on any atom is -0.493 e. The lowest BCUT2D eigenvalue weighted by Crippen LogP contribution is -2.49. The number of ether oxygens (including phenoxy) is 3. The van der Waals surface area contributed by atoms with E-state index in [4.69, 9.17) is 14.2 Å².